The number of alkyl halides is 2. The number of aliphatic hydroxyl groups is 1. The molecule has 1 aliphatic heterocycles. The predicted octanol–water partition coefficient (Wildman–Crippen LogP) is 1.78. The third-order valence-electron chi connectivity index (χ3n) is 5.26. The number of halogens is 2. The van der Waals surface area contributed by atoms with E-state index in [2.05, 4.69) is 31.9 Å². The Labute approximate surface area is 157 Å². The van der Waals surface area contributed by atoms with Gasteiger partial charge in [0.15, 0.2) is 0 Å². The number of ketones is 1. The highest BCUT2D eigenvalue weighted by Crippen LogP contribution is 2.74. The SMILES string of the molecule is COC1(OC)C2(Br)CC3CN(C(=O)OC(C)(C)C)[C@](O)(C2=O)C31Br. The molecule has 3 rings (SSSR count). The molecule has 2 bridgehead atoms. The summed E-state index contributed by atoms with van der Waals surface area (Å²) in [7, 11) is 2.83. The first-order valence-corrected chi connectivity index (χ1v) is 9.20. The Bertz CT molecular complexity index is 618. The number of hydrogen-bond acceptors (Lipinski definition) is 6. The van der Waals surface area contributed by atoms with Gasteiger partial charge in [-0.3, -0.25) is 9.69 Å². The van der Waals surface area contributed by atoms with Crippen LogP contribution in [-0.4, -0.2) is 68.4 Å². The molecule has 0 radical (unpaired) electrons. The van der Waals surface area contributed by atoms with Crippen LogP contribution in [0.3, 0.4) is 0 Å². The molecule has 136 valence electrons. The van der Waals surface area contributed by atoms with Crippen LogP contribution in [0.15, 0.2) is 0 Å². The van der Waals surface area contributed by atoms with Gasteiger partial charge in [-0.25, -0.2) is 4.79 Å². The quantitative estimate of drug-likeness (QED) is 0.489. The molecule has 1 saturated heterocycles. The Hall–Kier alpha value is -0.220. The van der Waals surface area contributed by atoms with E-state index < -0.39 is 37.6 Å². The van der Waals surface area contributed by atoms with Gasteiger partial charge in [-0.15, -0.1) is 0 Å². The second kappa shape index (κ2) is 4.94. The van der Waals surface area contributed by atoms with E-state index in [0.717, 1.165) is 4.90 Å². The van der Waals surface area contributed by atoms with Gasteiger partial charge in [0, 0.05) is 26.7 Å². The minimum atomic E-state index is -2.13. The van der Waals surface area contributed by atoms with Crippen molar-refractivity contribution in [3.63, 3.8) is 0 Å². The van der Waals surface area contributed by atoms with E-state index in [1.807, 2.05) is 0 Å². The lowest BCUT2D eigenvalue weighted by molar-refractivity contribution is -0.229. The Morgan fingerprint density at radius 3 is 2.25 bits per heavy atom. The van der Waals surface area contributed by atoms with Gasteiger partial charge in [0.2, 0.25) is 17.3 Å². The molecule has 7 nitrogen and oxygen atoms in total. The number of likely N-dealkylation sites (tertiary alicyclic amines) is 1. The highest BCUT2D eigenvalue weighted by Gasteiger charge is 2.94. The van der Waals surface area contributed by atoms with Gasteiger partial charge in [0.25, 0.3) is 0 Å². The topological polar surface area (TPSA) is 85.3 Å². The molecular weight excluding hydrogens is 450 g/mol. The monoisotopic (exact) mass is 469 g/mol. The molecule has 9 heteroatoms. The van der Waals surface area contributed by atoms with Crippen molar-refractivity contribution in [2.45, 2.75) is 53.0 Å². The summed E-state index contributed by atoms with van der Waals surface area (Å²) in [5, 5.41) is 11.4. The Morgan fingerprint density at radius 1 is 1.29 bits per heavy atom. The van der Waals surface area contributed by atoms with Crippen molar-refractivity contribution in [1.29, 1.82) is 0 Å². The summed E-state index contributed by atoms with van der Waals surface area (Å²) < 4.78 is 14.0. The van der Waals surface area contributed by atoms with Crippen molar-refractivity contribution < 1.29 is 28.9 Å². The fraction of sp³-hybridized carbons (Fsp3) is 0.867. The summed E-state index contributed by atoms with van der Waals surface area (Å²) in [6.07, 6.45) is -0.384. The molecule has 0 aromatic carbocycles. The van der Waals surface area contributed by atoms with Crippen LogP contribution in [0.4, 0.5) is 4.79 Å². The Morgan fingerprint density at radius 2 is 1.83 bits per heavy atom. The van der Waals surface area contributed by atoms with E-state index in [-0.39, 0.29) is 12.5 Å². The number of hydrogen-bond donors (Lipinski definition) is 1. The van der Waals surface area contributed by atoms with E-state index in [1.165, 1.54) is 14.2 Å². The van der Waals surface area contributed by atoms with Gasteiger partial charge < -0.3 is 19.3 Å². The first-order chi connectivity index (χ1) is 10.9. The largest absolute Gasteiger partial charge is 0.444 e. The fourth-order valence-corrected chi connectivity index (χ4v) is 7.39. The molecule has 0 spiro atoms. The third kappa shape index (κ3) is 1.68. The van der Waals surface area contributed by atoms with Crippen LogP contribution < -0.4 is 0 Å². The predicted molar refractivity (Wildman–Crippen MR) is 91.1 cm³/mol. The normalized spacial score (nSPS) is 42.8. The average molecular weight is 471 g/mol. The van der Waals surface area contributed by atoms with Crippen LogP contribution in [-0.2, 0) is 19.0 Å². The second-order valence-corrected chi connectivity index (χ2v) is 10.1. The minimum absolute atomic E-state index is 0.157. The van der Waals surface area contributed by atoms with Gasteiger partial charge >= 0.3 is 6.09 Å². The fourth-order valence-electron chi connectivity index (χ4n) is 4.46. The zero-order chi connectivity index (χ0) is 18.3. The highest BCUT2D eigenvalue weighted by molar-refractivity contribution is 9.11. The van der Waals surface area contributed by atoms with Crippen molar-refractivity contribution in [2.75, 3.05) is 20.8 Å². The molecule has 3 unspecified atom stereocenters. The van der Waals surface area contributed by atoms with Crippen LogP contribution in [0.2, 0.25) is 0 Å². The van der Waals surface area contributed by atoms with Gasteiger partial charge in [-0.05, 0) is 27.2 Å². The first-order valence-electron chi connectivity index (χ1n) is 7.61. The van der Waals surface area contributed by atoms with Gasteiger partial charge in [0.1, 0.15) is 14.2 Å². The van der Waals surface area contributed by atoms with Crippen LogP contribution in [0.25, 0.3) is 0 Å². The van der Waals surface area contributed by atoms with E-state index in [4.69, 9.17) is 14.2 Å². The lowest BCUT2D eigenvalue weighted by Gasteiger charge is -2.42. The summed E-state index contributed by atoms with van der Waals surface area (Å²) in [5.74, 6) is -2.28. The van der Waals surface area contributed by atoms with E-state index >= 15 is 0 Å². The maximum atomic E-state index is 13.2. The molecule has 2 aliphatic carbocycles. The number of amides is 1. The molecule has 24 heavy (non-hydrogen) atoms. The number of Topliss-reactive ketones (excluding diaryl/α,β-unsaturated/α-hetero) is 1. The van der Waals surface area contributed by atoms with Gasteiger partial charge in [-0.1, -0.05) is 31.9 Å². The molecule has 3 fully saturated rings. The van der Waals surface area contributed by atoms with Gasteiger partial charge in [0.05, 0.1) is 0 Å². The van der Waals surface area contributed by atoms with Gasteiger partial charge in [-0.2, -0.15) is 0 Å². The first kappa shape index (κ1) is 18.6. The number of carbonyl (C=O) groups is 2. The summed E-state index contributed by atoms with van der Waals surface area (Å²) >= 11 is 7.00. The smallest absolute Gasteiger partial charge is 0.412 e. The average Bonchev–Trinajstić information content (AvgIpc) is 2.81. The zero-order valence-corrected chi connectivity index (χ0v) is 17.4. The molecule has 4 atom stereocenters. The number of nitrogens with zero attached hydrogens (tertiary/aromatic N) is 1. The lowest BCUT2D eigenvalue weighted by Crippen LogP contribution is -2.64. The summed E-state index contributed by atoms with van der Waals surface area (Å²) in [4.78, 5) is 26.9. The van der Waals surface area contributed by atoms with Crippen LogP contribution >= 0.6 is 31.9 Å². The maximum absolute atomic E-state index is 13.2. The summed E-state index contributed by atoms with van der Waals surface area (Å²) in [6, 6.07) is 0. The number of methoxy groups -OCH3 is 2. The molecule has 0 aromatic heterocycles. The van der Waals surface area contributed by atoms with Crippen LogP contribution in [0.1, 0.15) is 27.2 Å². The standard InChI is InChI=1S/C15H21Br2NO6/c1-11(2,3)24-10(20)18-7-8-6-12(16)9(19)14(18,21)13(8,17)15(12,22-4)23-5/h8,21H,6-7H2,1-5H3/t8?,12?,13?,14-/m0/s1. The van der Waals surface area contributed by atoms with Crippen LogP contribution in [0.5, 0.6) is 0 Å². The maximum Gasteiger partial charge on any atom is 0.412 e. The summed E-state index contributed by atoms with van der Waals surface area (Å²) in [6.45, 7) is 5.33. The molecule has 1 N–H and O–H groups in total. The molecule has 3 aliphatic rings. The van der Waals surface area contributed by atoms with Crippen molar-refractivity contribution in [2.24, 2.45) is 5.92 Å². The lowest BCUT2D eigenvalue weighted by atomic mass is 9.85. The van der Waals surface area contributed by atoms with E-state index in [0.29, 0.717) is 6.42 Å². The zero-order valence-electron chi connectivity index (χ0n) is 14.2. The van der Waals surface area contributed by atoms with E-state index in [9.17, 15) is 14.7 Å². The molecule has 2 saturated carbocycles. The van der Waals surface area contributed by atoms with Crippen molar-refractivity contribution in [3.8, 4) is 0 Å². The van der Waals surface area contributed by atoms with Crippen molar-refractivity contribution >= 4 is 43.7 Å². The molecule has 0 aromatic rings. The number of carbonyl (C=O) groups excluding carboxylic acids is 2. The summed E-state index contributed by atoms with van der Waals surface area (Å²) in [5.41, 5.74) is -2.88. The molecule has 1 amide bonds. The Balaban J connectivity index is 2.13. The van der Waals surface area contributed by atoms with Crippen LogP contribution in [0, 0.1) is 5.92 Å². The van der Waals surface area contributed by atoms with E-state index in [1.54, 1.807) is 20.8 Å². The molecular formula is C15H21Br2NO6. The Kier molecular flexibility index (Phi) is 3.82. The third-order valence-corrected chi connectivity index (χ3v) is 8.19. The van der Waals surface area contributed by atoms with Crippen molar-refractivity contribution in [1.82, 2.24) is 4.90 Å². The second-order valence-electron chi connectivity index (χ2n) is 7.53. The minimum Gasteiger partial charge on any atom is -0.444 e. The number of fused-ring (bicyclic) bond motifs is 1. The number of ether oxygens (including phenoxy) is 3. The van der Waals surface area contributed by atoms with Crippen molar-refractivity contribution in [3.05, 3.63) is 0 Å². The number of rotatable bonds is 2. The molecule has 1 heterocycles. The highest BCUT2D eigenvalue weighted by atomic mass is 79.9.